The van der Waals surface area contributed by atoms with E-state index in [-0.39, 0.29) is 5.75 Å². The van der Waals surface area contributed by atoms with Gasteiger partial charge in [-0.25, -0.2) is 13.6 Å². The van der Waals surface area contributed by atoms with Gasteiger partial charge in [-0.05, 0) is 42.4 Å². The molecule has 5 heteroatoms. The van der Waals surface area contributed by atoms with Gasteiger partial charge in [0.25, 0.3) is 0 Å². The van der Waals surface area contributed by atoms with Gasteiger partial charge < -0.3 is 5.32 Å². The number of anilines is 1. The van der Waals surface area contributed by atoms with Crippen molar-refractivity contribution in [2.75, 3.05) is 5.32 Å². The van der Waals surface area contributed by atoms with Crippen molar-refractivity contribution in [2.24, 2.45) is 17.0 Å². The Kier molecular flexibility index (Phi) is 4.16. The zero-order valence-corrected chi connectivity index (χ0v) is 12.3. The molecule has 0 aromatic heterocycles. The number of nitrogens with two attached hydrogens (primary N) is 1. The molecule has 0 atom stereocenters. The maximum Gasteiger partial charge on any atom is 0.213 e. The molecule has 0 aliphatic heterocycles. The molecule has 19 heavy (non-hydrogen) atoms. The smallest absolute Gasteiger partial charge is 0.213 e. The molecule has 0 heterocycles. The van der Waals surface area contributed by atoms with Gasteiger partial charge in [0, 0.05) is 11.7 Å². The Bertz CT molecular complexity index is 517. The fourth-order valence-electron chi connectivity index (χ4n) is 2.49. The van der Waals surface area contributed by atoms with Gasteiger partial charge in [0.1, 0.15) is 0 Å². The van der Waals surface area contributed by atoms with E-state index in [0.717, 1.165) is 23.1 Å². The number of primary sulfonamides is 1. The molecule has 1 aromatic carbocycles. The van der Waals surface area contributed by atoms with Crippen LogP contribution in [-0.2, 0) is 15.8 Å². The van der Waals surface area contributed by atoms with Gasteiger partial charge in [-0.3, -0.25) is 0 Å². The lowest BCUT2D eigenvalue weighted by molar-refractivity contribution is 0.212. The van der Waals surface area contributed by atoms with Crippen LogP contribution in [-0.4, -0.2) is 14.5 Å². The van der Waals surface area contributed by atoms with Crippen molar-refractivity contribution in [3.05, 3.63) is 29.8 Å². The van der Waals surface area contributed by atoms with E-state index in [1.165, 1.54) is 12.8 Å². The van der Waals surface area contributed by atoms with Gasteiger partial charge in [-0.1, -0.05) is 26.0 Å². The Morgan fingerprint density at radius 1 is 1.26 bits per heavy atom. The third-order valence-corrected chi connectivity index (χ3v) is 4.55. The maximum atomic E-state index is 11.0. The molecular formula is C14H22N2O2S. The van der Waals surface area contributed by atoms with Crippen LogP contribution in [0.3, 0.4) is 0 Å². The summed E-state index contributed by atoms with van der Waals surface area (Å²) in [6.07, 6.45) is 2.44. The minimum absolute atomic E-state index is 0.105. The number of sulfonamides is 1. The van der Waals surface area contributed by atoms with E-state index in [9.17, 15) is 8.42 Å². The van der Waals surface area contributed by atoms with Gasteiger partial charge in [0.2, 0.25) is 10.0 Å². The molecule has 0 spiro atoms. The van der Waals surface area contributed by atoms with Crippen molar-refractivity contribution in [3.63, 3.8) is 0 Å². The second-order valence-electron chi connectivity index (χ2n) is 5.82. The zero-order valence-electron chi connectivity index (χ0n) is 11.5. The highest BCUT2D eigenvalue weighted by atomic mass is 32.2. The largest absolute Gasteiger partial charge is 0.382 e. The number of hydrogen-bond acceptors (Lipinski definition) is 3. The summed E-state index contributed by atoms with van der Waals surface area (Å²) in [5.41, 5.74) is 1.77. The van der Waals surface area contributed by atoms with Crippen LogP contribution in [0, 0.1) is 11.8 Å². The summed E-state index contributed by atoms with van der Waals surface area (Å²) in [6.45, 7) is 4.53. The first-order valence-electron chi connectivity index (χ1n) is 6.69. The predicted octanol–water partition coefficient (Wildman–Crippen LogP) is 2.32. The minimum atomic E-state index is -3.44. The summed E-state index contributed by atoms with van der Waals surface area (Å²) in [5.74, 6) is 1.49. The normalized spacial score (nSPS) is 23.2. The second kappa shape index (κ2) is 5.51. The summed E-state index contributed by atoms with van der Waals surface area (Å²) in [7, 11) is -3.44. The average Bonchev–Trinajstić information content (AvgIpc) is 2.22. The van der Waals surface area contributed by atoms with Crippen molar-refractivity contribution >= 4 is 15.7 Å². The average molecular weight is 282 g/mol. The summed E-state index contributed by atoms with van der Waals surface area (Å²) in [4.78, 5) is 0. The minimum Gasteiger partial charge on any atom is -0.382 e. The van der Waals surface area contributed by atoms with Gasteiger partial charge in [-0.2, -0.15) is 0 Å². The molecule has 0 unspecified atom stereocenters. The lowest BCUT2D eigenvalue weighted by Gasteiger charge is -2.39. The Labute approximate surface area is 115 Å². The highest BCUT2D eigenvalue weighted by molar-refractivity contribution is 7.88. The molecule has 2 rings (SSSR count). The summed E-state index contributed by atoms with van der Waals surface area (Å²) in [6, 6.07) is 8.01. The highest BCUT2D eigenvalue weighted by Gasteiger charge is 2.30. The van der Waals surface area contributed by atoms with Crippen LogP contribution >= 0.6 is 0 Å². The van der Waals surface area contributed by atoms with Gasteiger partial charge >= 0.3 is 0 Å². The monoisotopic (exact) mass is 282 g/mol. The van der Waals surface area contributed by atoms with E-state index in [1.54, 1.807) is 0 Å². The van der Waals surface area contributed by atoms with Crippen molar-refractivity contribution in [1.29, 1.82) is 0 Å². The third kappa shape index (κ3) is 4.21. The Morgan fingerprint density at radius 3 is 2.32 bits per heavy atom. The molecule has 1 aliphatic carbocycles. The molecule has 0 saturated heterocycles. The number of hydrogen-bond donors (Lipinski definition) is 2. The molecule has 0 amide bonds. The van der Waals surface area contributed by atoms with Crippen molar-refractivity contribution in [3.8, 4) is 0 Å². The van der Waals surface area contributed by atoms with Crippen LogP contribution in [0.4, 0.5) is 5.69 Å². The van der Waals surface area contributed by atoms with E-state index in [1.807, 2.05) is 24.3 Å². The van der Waals surface area contributed by atoms with Crippen LogP contribution in [0.1, 0.15) is 32.3 Å². The summed E-state index contributed by atoms with van der Waals surface area (Å²) >= 11 is 0. The van der Waals surface area contributed by atoms with Crippen molar-refractivity contribution in [1.82, 2.24) is 0 Å². The first kappa shape index (κ1) is 14.3. The van der Waals surface area contributed by atoms with Crippen molar-refractivity contribution < 1.29 is 8.42 Å². The fourth-order valence-corrected chi connectivity index (χ4v) is 3.15. The first-order valence-corrected chi connectivity index (χ1v) is 8.41. The number of nitrogens with one attached hydrogen (secondary N) is 1. The van der Waals surface area contributed by atoms with Crippen LogP contribution < -0.4 is 10.5 Å². The van der Waals surface area contributed by atoms with Crippen molar-refractivity contribution in [2.45, 2.75) is 38.5 Å². The van der Waals surface area contributed by atoms with Gasteiger partial charge in [0.05, 0.1) is 5.75 Å². The maximum absolute atomic E-state index is 11.0. The first-order chi connectivity index (χ1) is 8.83. The van der Waals surface area contributed by atoms with Gasteiger partial charge in [0.15, 0.2) is 0 Å². The molecule has 1 aromatic rings. The molecule has 106 valence electrons. The molecule has 4 nitrogen and oxygen atoms in total. The third-order valence-electron chi connectivity index (χ3n) is 3.81. The van der Waals surface area contributed by atoms with Crippen LogP contribution in [0.5, 0.6) is 0 Å². The van der Waals surface area contributed by atoms with E-state index in [4.69, 9.17) is 5.14 Å². The Morgan fingerprint density at radius 2 is 1.84 bits per heavy atom. The quantitative estimate of drug-likeness (QED) is 0.870. The van der Waals surface area contributed by atoms with Gasteiger partial charge in [-0.15, -0.1) is 0 Å². The molecular weight excluding hydrogens is 260 g/mol. The fraction of sp³-hybridized carbons (Fsp3) is 0.571. The standard InChI is InChI=1S/C14H22N2O2S/c1-10(2)12-7-14(8-12)16-13-5-3-11(4-6-13)9-19(15,17)18/h3-6,10,12,14,16H,7-9H2,1-2H3,(H2,15,17,18). The van der Waals surface area contributed by atoms with E-state index < -0.39 is 10.0 Å². The zero-order chi connectivity index (χ0) is 14.0. The SMILES string of the molecule is CC(C)C1CC(Nc2ccc(CS(N)(=O)=O)cc2)C1. The van der Waals surface area contributed by atoms with E-state index in [2.05, 4.69) is 19.2 Å². The number of rotatable bonds is 5. The van der Waals surface area contributed by atoms with E-state index in [0.29, 0.717) is 6.04 Å². The second-order valence-corrected chi connectivity index (χ2v) is 7.44. The summed E-state index contributed by atoms with van der Waals surface area (Å²) in [5, 5.41) is 8.49. The lowest BCUT2D eigenvalue weighted by Crippen LogP contribution is -2.37. The Hall–Kier alpha value is -1.07. The lowest BCUT2D eigenvalue weighted by atomic mass is 9.73. The highest BCUT2D eigenvalue weighted by Crippen LogP contribution is 2.35. The number of benzene rings is 1. The topological polar surface area (TPSA) is 72.2 Å². The Balaban J connectivity index is 1.86. The predicted molar refractivity (Wildman–Crippen MR) is 78.2 cm³/mol. The molecule has 3 N–H and O–H groups in total. The molecule has 0 bridgehead atoms. The molecule has 0 radical (unpaired) electrons. The molecule has 1 aliphatic rings. The van der Waals surface area contributed by atoms with E-state index >= 15 is 0 Å². The van der Waals surface area contributed by atoms with Crippen LogP contribution in [0.25, 0.3) is 0 Å². The van der Waals surface area contributed by atoms with Crippen LogP contribution in [0.2, 0.25) is 0 Å². The molecule has 1 saturated carbocycles. The summed E-state index contributed by atoms with van der Waals surface area (Å²) < 4.78 is 22.0. The molecule has 1 fully saturated rings. The van der Waals surface area contributed by atoms with Crippen LogP contribution in [0.15, 0.2) is 24.3 Å².